The minimum Gasteiger partial charge on any atom is -0.314 e. The number of aromatic nitrogens is 1. The highest BCUT2D eigenvalue weighted by Crippen LogP contribution is 2.38. The lowest BCUT2D eigenvalue weighted by Gasteiger charge is -2.30. The largest absolute Gasteiger partial charge is 0.314 e. The van der Waals surface area contributed by atoms with Crippen molar-refractivity contribution in [1.29, 1.82) is 0 Å². The number of rotatable bonds is 7. The topological polar surface area (TPSA) is 8.17 Å². The van der Waals surface area contributed by atoms with Gasteiger partial charge in [0.15, 0.2) is 0 Å². The Morgan fingerprint density at radius 3 is 1.62 bits per heavy atom. The monoisotopic (exact) mass is 642 g/mol. The van der Waals surface area contributed by atoms with E-state index in [4.69, 9.17) is 0 Å². The summed E-state index contributed by atoms with van der Waals surface area (Å²) in [6, 6.07) is 55.3. The van der Waals surface area contributed by atoms with Crippen molar-refractivity contribution in [1.82, 2.24) is 4.57 Å². The van der Waals surface area contributed by atoms with Gasteiger partial charge in [0.05, 0.1) is 11.0 Å². The van der Waals surface area contributed by atoms with Crippen molar-refractivity contribution in [2.45, 2.75) is 25.7 Å². The summed E-state index contributed by atoms with van der Waals surface area (Å²) in [6.07, 6.45) is 15.7. The maximum absolute atomic E-state index is 2.43. The lowest BCUT2D eigenvalue weighted by atomic mass is 9.94. The van der Waals surface area contributed by atoms with Crippen LogP contribution in [0.15, 0.2) is 188 Å². The van der Waals surface area contributed by atoms with Gasteiger partial charge in [0.2, 0.25) is 0 Å². The molecule has 1 heterocycles. The van der Waals surface area contributed by atoms with Gasteiger partial charge in [-0.25, -0.2) is 0 Å². The third-order valence-corrected chi connectivity index (χ3v) is 10.2. The predicted octanol–water partition coefficient (Wildman–Crippen LogP) is 13.1. The molecule has 2 aliphatic rings. The molecule has 0 N–H and O–H groups in total. The Morgan fingerprint density at radius 2 is 1.04 bits per heavy atom. The first kappa shape index (κ1) is 30.0. The summed E-state index contributed by atoms with van der Waals surface area (Å²) in [6.45, 7) is 0. The third-order valence-electron chi connectivity index (χ3n) is 10.2. The maximum Gasteiger partial charge on any atom is 0.0541 e. The van der Waals surface area contributed by atoms with Crippen molar-refractivity contribution in [3.8, 4) is 16.8 Å². The Bertz CT molecular complexity index is 2380. The SMILES string of the molecule is C1=CC(c2ccc(N(C3=CC=C(c4ccccc4)CC3)c3ccc(-c4ccc(-n5c6ccccc6c6ccccc65)cc4)cc3)cc2)=CCC1. The molecule has 2 heteroatoms. The van der Waals surface area contributed by atoms with E-state index in [1.165, 1.54) is 78.0 Å². The summed E-state index contributed by atoms with van der Waals surface area (Å²) in [5.74, 6) is 0. The summed E-state index contributed by atoms with van der Waals surface area (Å²) in [4.78, 5) is 2.43. The van der Waals surface area contributed by atoms with Crippen LogP contribution in [0.25, 0.3) is 49.8 Å². The zero-order chi connectivity index (χ0) is 33.3. The summed E-state index contributed by atoms with van der Waals surface area (Å²) in [5, 5.41) is 2.56. The average molecular weight is 643 g/mol. The lowest BCUT2D eigenvalue weighted by molar-refractivity contribution is 0.930. The van der Waals surface area contributed by atoms with Gasteiger partial charge in [-0.3, -0.25) is 0 Å². The highest BCUT2D eigenvalue weighted by atomic mass is 15.1. The zero-order valence-electron chi connectivity index (χ0n) is 28.0. The van der Waals surface area contributed by atoms with Crippen LogP contribution < -0.4 is 4.90 Å². The number of fused-ring (bicyclic) bond motifs is 3. The second-order valence-corrected chi connectivity index (χ2v) is 13.2. The summed E-state index contributed by atoms with van der Waals surface area (Å²) in [7, 11) is 0. The first-order valence-electron chi connectivity index (χ1n) is 17.7. The minimum atomic E-state index is 0.975. The van der Waals surface area contributed by atoms with E-state index in [-0.39, 0.29) is 0 Å². The van der Waals surface area contributed by atoms with Gasteiger partial charge in [0.25, 0.3) is 0 Å². The molecular weight excluding hydrogens is 605 g/mol. The fraction of sp³-hybridized carbons (Fsp3) is 0.0833. The number of allylic oxidation sites excluding steroid dienone is 8. The first-order valence-corrected chi connectivity index (χ1v) is 17.7. The number of benzene rings is 6. The van der Waals surface area contributed by atoms with Crippen LogP contribution in [0.2, 0.25) is 0 Å². The Labute approximate surface area is 294 Å². The van der Waals surface area contributed by atoms with Crippen molar-refractivity contribution >= 4 is 44.3 Å². The molecule has 0 saturated heterocycles. The molecule has 0 spiro atoms. The molecule has 0 radical (unpaired) electrons. The molecule has 0 saturated carbocycles. The van der Waals surface area contributed by atoms with E-state index in [0.717, 1.165) is 25.7 Å². The third kappa shape index (κ3) is 5.59. The lowest BCUT2D eigenvalue weighted by Crippen LogP contribution is -2.18. The van der Waals surface area contributed by atoms with Crippen LogP contribution in [0.1, 0.15) is 36.8 Å². The number of hydrogen-bond donors (Lipinski definition) is 0. The second kappa shape index (κ2) is 13.1. The van der Waals surface area contributed by atoms with Gasteiger partial charge in [-0.2, -0.15) is 0 Å². The van der Waals surface area contributed by atoms with Crippen molar-refractivity contribution in [2.75, 3.05) is 4.90 Å². The van der Waals surface area contributed by atoms with E-state index in [1.54, 1.807) is 0 Å². The van der Waals surface area contributed by atoms with Crippen molar-refractivity contribution in [3.63, 3.8) is 0 Å². The van der Waals surface area contributed by atoms with Gasteiger partial charge in [0, 0.05) is 33.5 Å². The van der Waals surface area contributed by atoms with Crippen LogP contribution in [0.5, 0.6) is 0 Å². The Hall–Kier alpha value is -6.12. The molecule has 0 bridgehead atoms. The molecule has 9 rings (SSSR count). The molecule has 240 valence electrons. The quantitative estimate of drug-likeness (QED) is 0.168. The summed E-state index contributed by atoms with van der Waals surface area (Å²) in [5.41, 5.74) is 15.0. The van der Waals surface area contributed by atoms with Crippen LogP contribution in [0.4, 0.5) is 11.4 Å². The van der Waals surface area contributed by atoms with E-state index in [9.17, 15) is 0 Å². The van der Waals surface area contributed by atoms with E-state index < -0.39 is 0 Å². The molecule has 0 unspecified atom stereocenters. The van der Waals surface area contributed by atoms with Gasteiger partial charge in [-0.05, 0) is 114 Å². The smallest absolute Gasteiger partial charge is 0.0541 e. The average Bonchev–Trinajstić information content (AvgIpc) is 3.54. The fourth-order valence-electron chi connectivity index (χ4n) is 7.62. The Kier molecular flexibility index (Phi) is 7.83. The molecule has 6 aromatic carbocycles. The zero-order valence-corrected chi connectivity index (χ0v) is 28.0. The molecule has 7 aromatic rings. The van der Waals surface area contributed by atoms with Crippen LogP contribution in [-0.4, -0.2) is 4.57 Å². The molecular formula is C48H38N2. The summed E-state index contributed by atoms with van der Waals surface area (Å²) < 4.78 is 2.37. The number of para-hydroxylation sites is 2. The second-order valence-electron chi connectivity index (χ2n) is 13.2. The van der Waals surface area contributed by atoms with Crippen LogP contribution in [0, 0.1) is 0 Å². The first-order chi connectivity index (χ1) is 24.8. The number of nitrogens with zero attached hydrogens (tertiary/aromatic N) is 2. The molecule has 0 amide bonds. The van der Waals surface area contributed by atoms with Gasteiger partial charge < -0.3 is 9.47 Å². The fourth-order valence-corrected chi connectivity index (χ4v) is 7.62. The molecule has 2 nitrogen and oxygen atoms in total. The standard InChI is InChI=1S/C48H38N2/c1-3-11-35(12-4-1)37-19-27-41(28-20-37)49(42-29-21-38(22-30-42)36-13-5-2-6-14-36)43-31-23-39(24-32-43)40-25-33-44(34-26-40)50-47-17-9-7-15-45(47)46-16-8-10-18-48(46)50/h1,3-5,7-19,21-27,29-34H,2,6,20,28H2. The molecule has 0 aliphatic heterocycles. The van der Waals surface area contributed by atoms with E-state index >= 15 is 0 Å². The van der Waals surface area contributed by atoms with E-state index in [1.807, 2.05) is 0 Å². The van der Waals surface area contributed by atoms with Crippen molar-refractivity contribution < 1.29 is 0 Å². The molecule has 0 fully saturated rings. The van der Waals surface area contributed by atoms with Crippen LogP contribution >= 0.6 is 0 Å². The van der Waals surface area contributed by atoms with Crippen molar-refractivity contribution in [2.24, 2.45) is 0 Å². The predicted molar refractivity (Wildman–Crippen MR) is 213 cm³/mol. The molecule has 1 aromatic heterocycles. The minimum absolute atomic E-state index is 0.975. The molecule has 0 atom stereocenters. The highest BCUT2D eigenvalue weighted by Gasteiger charge is 2.19. The number of anilines is 2. The van der Waals surface area contributed by atoms with E-state index in [0.29, 0.717) is 0 Å². The Morgan fingerprint density at radius 1 is 0.460 bits per heavy atom. The van der Waals surface area contributed by atoms with Crippen LogP contribution in [-0.2, 0) is 0 Å². The number of hydrogen-bond acceptors (Lipinski definition) is 1. The van der Waals surface area contributed by atoms with Gasteiger partial charge >= 0.3 is 0 Å². The highest BCUT2D eigenvalue weighted by molar-refractivity contribution is 6.09. The van der Waals surface area contributed by atoms with Gasteiger partial charge in [0.1, 0.15) is 0 Å². The Balaban J connectivity index is 1.04. The normalized spacial score (nSPS) is 14.4. The van der Waals surface area contributed by atoms with Crippen molar-refractivity contribution in [3.05, 3.63) is 199 Å². The molecule has 2 aliphatic carbocycles. The molecule has 50 heavy (non-hydrogen) atoms. The maximum atomic E-state index is 2.43. The summed E-state index contributed by atoms with van der Waals surface area (Å²) >= 11 is 0. The van der Waals surface area contributed by atoms with Gasteiger partial charge in [-0.1, -0.05) is 127 Å². The van der Waals surface area contributed by atoms with Gasteiger partial charge in [-0.15, -0.1) is 0 Å². The van der Waals surface area contributed by atoms with E-state index in [2.05, 4.69) is 192 Å². The van der Waals surface area contributed by atoms with Crippen LogP contribution in [0.3, 0.4) is 0 Å².